The number of nitrogens with zero attached hydrogens (tertiary/aromatic N) is 2. The first-order valence-corrected chi connectivity index (χ1v) is 9.77. The monoisotopic (exact) mass is 432 g/mol. The highest BCUT2D eigenvalue weighted by Gasteiger charge is 2.27. The van der Waals surface area contributed by atoms with Crippen LogP contribution in [0.25, 0.3) is 0 Å². The zero-order valence-electron chi connectivity index (χ0n) is 16.6. The van der Waals surface area contributed by atoms with Gasteiger partial charge in [0.1, 0.15) is 12.4 Å². The van der Waals surface area contributed by atoms with Gasteiger partial charge >= 0.3 is 0 Å². The third-order valence-corrected chi connectivity index (χ3v) is 5.10. The molecule has 8 heteroatoms. The highest BCUT2D eigenvalue weighted by Crippen LogP contribution is 2.29. The van der Waals surface area contributed by atoms with Crippen molar-refractivity contribution in [3.05, 3.63) is 71.0 Å². The second-order valence-electron chi connectivity index (χ2n) is 6.67. The van der Waals surface area contributed by atoms with Crippen LogP contribution in [-0.4, -0.2) is 61.5 Å². The van der Waals surface area contributed by atoms with Crippen LogP contribution in [0.3, 0.4) is 0 Å². The lowest BCUT2D eigenvalue weighted by Gasteiger charge is -2.35. The first-order chi connectivity index (χ1) is 14.4. The van der Waals surface area contributed by atoms with E-state index in [1.807, 2.05) is 0 Å². The van der Waals surface area contributed by atoms with Crippen LogP contribution < -0.4 is 9.47 Å². The van der Waals surface area contributed by atoms with E-state index in [1.165, 1.54) is 19.2 Å². The van der Waals surface area contributed by atoms with Crippen LogP contribution in [0.15, 0.2) is 49.1 Å². The number of halogens is 2. The Bertz CT molecular complexity index is 958. The molecule has 1 saturated heterocycles. The molecule has 2 amide bonds. The summed E-state index contributed by atoms with van der Waals surface area (Å²) in [7, 11) is 1.51. The number of hydrogen-bond acceptors (Lipinski definition) is 4. The van der Waals surface area contributed by atoms with Gasteiger partial charge in [-0.3, -0.25) is 9.59 Å². The fourth-order valence-electron chi connectivity index (χ4n) is 3.20. The van der Waals surface area contributed by atoms with Crippen molar-refractivity contribution in [3.63, 3.8) is 0 Å². The van der Waals surface area contributed by atoms with Gasteiger partial charge in [0.2, 0.25) is 0 Å². The van der Waals surface area contributed by atoms with Crippen LogP contribution in [0, 0.1) is 5.82 Å². The second kappa shape index (κ2) is 9.63. The summed E-state index contributed by atoms with van der Waals surface area (Å²) < 4.78 is 24.0. The van der Waals surface area contributed by atoms with Crippen molar-refractivity contribution in [2.75, 3.05) is 39.9 Å². The second-order valence-corrected chi connectivity index (χ2v) is 7.08. The number of ether oxygens (including phenoxy) is 2. The van der Waals surface area contributed by atoms with E-state index in [-0.39, 0.29) is 22.4 Å². The Balaban J connectivity index is 1.65. The van der Waals surface area contributed by atoms with Crippen molar-refractivity contribution in [3.8, 4) is 11.5 Å². The molecule has 0 N–H and O–H groups in total. The Labute approximate surface area is 179 Å². The third-order valence-electron chi connectivity index (χ3n) is 4.78. The van der Waals surface area contributed by atoms with Gasteiger partial charge in [-0.2, -0.15) is 0 Å². The van der Waals surface area contributed by atoms with Crippen LogP contribution in [0.5, 0.6) is 11.5 Å². The summed E-state index contributed by atoms with van der Waals surface area (Å²) in [5.74, 6) is 0.0549. The summed E-state index contributed by atoms with van der Waals surface area (Å²) in [4.78, 5) is 28.8. The average Bonchev–Trinajstić information content (AvgIpc) is 2.76. The molecule has 6 nitrogen and oxygen atoms in total. The van der Waals surface area contributed by atoms with Crippen molar-refractivity contribution in [2.24, 2.45) is 0 Å². The molecule has 2 aromatic carbocycles. The van der Waals surface area contributed by atoms with Gasteiger partial charge in [-0.25, -0.2) is 4.39 Å². The summed E-state index contributed by atoms with van der Waals surface area (Å²) >= 11 is 6.00. The summed E-state index contributed by atoms with van der Waals surface area (Å²) in [5, 5.41) is 0.0735. The van der Waals surface area contributed by atoms with E-state index >= 15 is 0 Å². The Kier molecular flexibility index (Phi) is 6.95. The number of carbonyl (C=O) groups excluding carboxylic acids is 2. The smallest absolute Gasteiger partial charge is 0.255 e. The number of piperazine rings is 1. The molecule has 0 aliphatic carbocycles. The van der Waals surface area contributed by atoms with Crippen LogP contribution in [0.2, 0.25) is 5.02 Å². The van der Waals surface area contributed by atoms with Crippen LogP contribution in [0.1, 0.15) is 20.7 Å². The molecule has 0 aromatic heterocycles. The molecule has 1 aliphatic heterocycles. The molecule has 0 spiro atoms. The molecule has 30 heavy (non-hydrogen) atoms. The van der Waals surface area contributed by atoms with Gasteiger partial charge in [-0.15, -0.1) is 0 Å². The van der Waals surface area contributed by atoms with E-state index in [2.05, 4.69) is 6.58 Å². The summed E-state index contributed by atoms with van der Waals surface area (Å²) in [5.41, 5.74) is 0.719. The molecule has 0 atom stereocenters. The van der Waals surface area contributed by atoms with Crippen molar-refractivity contribution < 1.29 is 23.5 Å². The van der Waals surface area contributed by atoms with E-state index in [1.54, 1.807) is 34.1 Å². The fourth-order valence-corrected chi connectivity index (χ4v) is 3.45. The molecular weight excluding hydrogens is 411 g/mol. The highest BCUT2D eigenvalue weighted by molar-refractivity contribution is 6.33. The lowest BCUT2D eigenvalue weighted by molar-refractivity contribution is 0.0535. The summed E-state index contributed by atoms with van der Waals surface area (Å²) in [6, 6.07) is 8.69. The maximum absolute atomic E-state index is 13.2. The molecule has 3 rings (SSSR count). The third kappa shape index (κ3) is 4.74. The van der Waals surface area contributed by atoms with E-state index in [0.29, 0.717) is 49.8 Å². The van der Waals surface area contributed by atoms with Gasteiger partial charge < -0.3 is 19.3 Å². The number of benzene rings is 2. The molecule has 0 unspecified atom stereocenters. The van der Waals surface area contributed by atoms with Crippen molar-refractivity contribution >= 4 is 23.4 Å². The largest absolute Gasteiger partial charge is 0.493 e. The van der Waals surface area contributed by atoms with Gasteiger partial charge in [0.15, 0.2) is 11.5 Å². The zero-order valence-corrected chi connectivity index (χ0v) is 17.3. The van der Waals surface area contributed by atoms with E-state index in [9.17, 15) is 14.0 Å². The number of hydrogen-bond donors (Lipinski definition) is 0. The van der Waals surface area contributed by atoms with Crippen molar-refractivity contribution in [2.45, 2.75) is 0 Å². The molecule has 2 aromatic rings. The minimum atomic E-state index is -0.497. The predicted octanol–water partition coefficient (Wildman–Crippen LogP) is 3.65. The Morgan fingerprint density at radius 2 is 1.73 bits per heavy atom. The fraction of sp³-hybridized carbons (Fsp3) is 0.273. The van der Waals surface area contributed by atoms with Gasteiger partial charge in [-0.05, 0) is 36.4 Å². The van der Waals surface area contributed by atoms with Crippen molar-refractivity contribution in [1.82, 2.24) is 9.80 Å². The van der Waals surface area contributed by atoms with Gasteiger partial charge in [0, 0.05) is 31.7 Å². The topological polar surface area (TPSA) is 59.1 Å². The average molecular weight is 433 g/mol. The molecule has 1 aliphatic rings. The minimum absolute atomic E-state index is 0.0735. The lowest BCUT2D eigenvalue weighted by atomic mass is 10.1. The van der Waals surface area contributed by atoms with E-state index in [4.69, 9.17) is 21.1 Å². The molecule has 158 valence electrons. The molecule has 0 radical (unpaired) electrons. The molecular formula is C22H22ClFN2O4. The van der Waals surface area contributed by atoms with E-state index < -0.39 is 5.82 Å². The van der Waals surface area contributed by atoms with E-state index in [0.717, 1.165) is 6.07 Å². The molecule has 1 heterocycles. The van der Waals surface area contributed by atoms with Crippen molar-refractivity contribution in [1.29, 1.82) is 0 Å². The maximum Gasteiger partial charge on any atom is 0.255 e. The molecule has 0 saturated carbocycles. The van der Waals surface area contributed by atoms with Crippen LogP contribution in [0.4, 0.5) is 4.39 Å². The predicted molar refractivity (Wildman–Crippen MR) is 112 cm³/mol. The maximum atomic E-state index is 13.2. The number of carbonyl (C=O) groups is 2. The van der Waals surface area contributed by atoms with Gasteiger partial charge in [0.25, 0.3) is 11.8 Å². The standard InChI is InChI=1S/C22H22ClFN2O4/c1-3-12-30-19-7-4-15(13-20(19)29-2)21(27)25-8-10-26(11-9-25)22(28)17-6-5-16(24)14-18(17)23/h3-7,13-14H,1,8-12H2,2H3. The minimum Gasteiger partial charge on any atom is -0.493 e. The van der Waals surface area contributed by atoms with Gasteiger partial charge in [-0.1, -0.05) is 24.3 Å². The van der Waals surface area contributed by atoms with Gasteiger partial charge in [0.05, 0.1) is 17.7 Å². The molecule has 1 fully saturated rings. The van der Waals surface area contributed by atoms with Crippen LogP contribution >= 0.6 is 11.6 Å². The molecule has 0 bridgehead atoms. The lowest BCUT2D eigenvalue weighted by Crippen LogP contribution is -2.50. The quantitative estimate of drug-likeness (QED) is 0.654. The first kappa shape index (κ1) is 21.6. The Hall–Kier alpha value is -3.06. The number of amides is 2. The Morgan fingerprint density at radius 3 is 2.33 bits per heavy atom. The van der Waals surface area contributed by atoms with Crippen LogP contribution in [-0.2, 0) is 0 Å². The first-order valence-electron chi connectivity index (χ1n) is 9.40. The number of methoxy groups -OCH3 is 1. The normalized spacial score (nSPS) is 13.7. The zero-order chi connectivity index (χ0) is 21.7. The number of rotatable bonds is 6. The SMILES string of the molecule is C=CCOc1ccc(C(=O)N2CCN(C(=O)c3ccc(F)cc3Cl)CC2)cc1OC. The Morgan fingerprint density at radius 1 is 1.07 bits per heavy atom. The highest BCUT2D eigenvalue weighted by atomic mass is 35.5. The summed E-state index contributed by atoms with van der Waals surface area (Å²) in [6.07, 6.45) is 1.62. The summed E-state index contributed by atoms with van der Waals surface area (Å²) in [6.45, 7) is 5.40.